The van der Waals surface area contributed by atoms with Gasteiger partial charge in [-0.3, -0.25) is 24.0 Å². The van der Waals surface area contributed by atoms with E-state index in [1.807, 2.05) is 30.3 Å². The number of benzene rings is 1. The number of nitrogen functional groups attached to an aromatic ring is 1. The molecule has 0 unspecified atom stereocenters. The fraction of sp³-hybridized carbons (Fsp3) is 0.409. The van der Waals surface area contributed by atoms with Crippen molar-refractivity contribution in [1.29, 1.82) is 0 Å². The predicted octanol–water partition coefficient (Wildman–Crippen LogP) is 1.51. The summed E-state index contributed by atoms with van der Waals surface area (Å²) in [5.41, 5.74) is 5.89. The van der Waals surface area contributed by atoms with Crippen LogP contribution in [0.4, 0.5) is 11.5 Å². The van der Waals surface area contributed by atoms with Crippen molar-refractivity contribution in [2.75, 3.05) is 24.4 Å². The van der Waals surface area contributed by atoms with Crippen LogP contribution in [0.2, 0.25) is 0 Å². The van der Waals surface area contributed by atoms with Crippen molar-refractivity contribution in [3.8, 4) is 0 Å². The lowest BCUT2D eigenvalue weighted by molar-refractivity contribution is -0.123. The van der Waals surface area contributed by atoms with E-state index in [9.17, 15) is 14.4 Å². The van der Waals surface area contributed by atoms with Gasteiger partial charge in [0.05, 0.1) is 19.7 Å². The fourth-order valence-electron chi connectivity index (χ4n) is 4.54. The molecule has 2 aliphatic carbocycles. The second-order valence-electron chi connectivity index (χ2n) is 7.93. The Morgan fingerprint density at radius 2 is 2.00 bits per heavy atom. The van der Waals surface area contributed by atoms with Crippen LogP contribution in [0.25, 0.3) is 0 Å². The number of H-pyrrole nitrogens is 1. The zero-order valence-corrected chi connectivity index (χ0v) is 16.9. The molecule has 8 nitrogen and oxygen atoms in total. The van der Waals surface area contributed by atoms with Crippen LogP contribution in [0.15, 0.2) is 52.1 Å². The monoisotopic (exact) mass is 410 g/mol. The average molecular weight is 410 g/mol. The minimum absolute atomic E-state index is 0.0197. The quantitative estimate of drug-likeness (QED) is 0.673. The van der Waals surface area contributed by atoms with Gasteiger partial charge in [-0.1, -0.05) is 42.5 Å². The minimum atomic E-state index is -0.658. The molecule has 1 saturated carbocycles. The van der Waals surface area contributed by atoms with Crippen molar-refractivity contribution in [2.45, 2.75) is 25.9 Å². The van der Waals surface area contributed by atoms with Gasteiger partial charge in [0.15, 0.2) is 5.69 Å². The lowest BCUT2D eigenvalue weighted by Crippen LogP contribution is -2.44. The number of aromatic nitrogens is 2. The number of allylic oxidation sites excluding steroid dienone is 2. The molecule has 2 aliphatic rings. The van der Waals surface area contributed by atoms with Gasteiger partial charge in [0.1, 0.15) is 5.82 Å². The molecule has 158 valence electrons. The lowest BCUT2D eigenvalue weighted by Gasteiger charge is -2.29. The standard InChI is InChI=1S/C22H26N4O4/c1-30-10-9-25-19(23)18(20(27)24-22(25)29)26(13-14-5-3-2-4-6-14)21(28)17-12-15-7-8-16(17)11-15/h2-8,15-17H,9-13,23H2,1H3,(H,24,27,29)/t15-,16+,17+/m1/s1. The third-order valence-corrected chi connectivity index (χ3v) is 6.05. The van der Waals surface area contributed by atoms with E-state index >= 15 is 0 Å². The van der Waals surface area contributed by atoms with E-state index in [1.54, 1.807) is 0 Å². The molecule has 3 atom stereocenters. The maximum atomic E-state index is 13.6. The second kappa shape index (κ2) is 8.31. The first-order valence-corrected chi connectivity index (χ1v) is 10.1. The molecule has 4 rings (SSSR count). The number of aromatic amines is 1. The van der Waals surface area contributed by atoms with Crippen molar-refractivity contribution in [1.82, 2.24) is 9.55 Å². The molecule has 0 spiro atoms. The van der Waals surface area contributed by atoms with Crippen molar-refractivity contribution in [2.24, 2.45) is 17.8 Å². The number of carbonyl (C=O) groups is 1. The number of ether oxygens (including phenoxy) is 1. The number of anilines is 2. The Balaban J connectivity index is 1.77. The molecule has 1 aromatic heterocycles. The summed E-state index contributed by atoms with van der Waals surface area (Å²) in [7, 11) is 1.52. The summed E-state index contributed by atoms with van der Waals surface area (Å²) in [6, 6.07) is 9.44. The normalized spacial score (nSPS) is 21.8. The van der Waals surface area contributed by atoms with Crippen molar-refractivity contribution in [3.05, 3.63) is 68.9 Å². The maximum Gasteiger partial charge on any atom is 0.330 e. The molecule has 2 bridgehead atoms. The third kappa shape index (κ3) is 3.70. The first-order valence-electron chi connectivity index (χ1n) is 10.1. The van der Waals surface area contributed by atoms with E-state index in [2.05, 4.69) is 17.1 Å². The van der Waals surface area contributed by atoms with Crippen LogP contribution >= 0.6 is 0 Å². The highest BCUT2D eigenvalue weighted by Crippen LogP contribution is 2.44. The van der Waals surface area contributed by atoms with E-state index in [0.717, 1.165) is 18.4 Å². The number of nitrogens with one attached hydrogen (secondary N) is 1. The highest BCUT2D eigenvalue weighted by Gasteiger charge is 2.42. The first kappa shape index (κ1) is 20.2. The number of hydrogen-bond acceptors (Lipinski definition) is 5. The molecule has 0 aliphatic heterocycles. The maximum absolute atomic E-state index is 13.6. The number of fused-ring (bicyclic) bond motifs is 2. The van der Waals surface area contributed by atoms with Crippen LogP contribution in [-0.4, -0.2) is 29.2 Å². The van der Waals surface area contributed by atoms with E-state index in [4.69, 9.17) is 10.5 Å². The zero-order chi connectivity index (χ0) is 21.3. The zero-order valence-electron chi connectivity index (χ0n) is 16.9. The van der Waals surface area contributed by atoms with Gasteiger partial charge in [-0.2, -0.15) is 0 Å². The summed E-state index contributed by atoms with van der Waals surface area (Å²) in [6.45, 7) is 0.627. The van der Waals surface area contributed by atoms with E-state index < -0.39 is 11.2 Å². The Bertz CT molecular complexity index is 1070. The van der Waals surface area contributed by atoms with Crippen molar-refractivity contribution in [3.63, 3.8) is 0 Å². The smallest absolute Gasteiger partial charge is 0.330 e. The van der Waals surface area contributed by atoms with Crippen molar-refractivity contribution < 1.29 is 9.53 Å². The molecule has 30 heavy (non-hydrogen) atoms. The Hall–Kier alpha value is -3.13. The van der Waals surface area contributed by atoms with Gasteiger partial charge >= 0.3 is 5.69 Å². The van der Waals surface area contributed by atoms with Gasteiger partial charge in [-0.15, -0.1) is 0 Å². The van der Waals surface area contributed by atoms with Gasteiger partial charge < -0.3 is 10.5 Å². The molecule has 1 fully saturated rings. The van der Waals surface area contributed by atoms with Gasteiger partial charge in [0.25, 0.3) is 5.56 Å². The van der Waals surface area contributed by atoms with Gasteiger partial charge in [0, 0.05) is 13.0 Å². The van der Waals surface area contributed by atoms with E-state index in [0.29, 0.717) is 5.92 Å². The van der Waals surface area contributed by atoms with E-state index in [-0.39, 0.29) is 48.9 Å². The summed E-state index contributed by atoms with van der Waals surface area (Å²) in [4.78, 5) is 42.5. The van der Waals surface area contributed by atoms with E-state index in [1.165, 1.54) is 16.6 Å². The Morgan fingerprint density at radius 1 is 1.23 bits per heavy atom. The third-order valence-electron chi connectivity index (χ3n) is 6.05. The van der Waals surface area contributed by atoms with Gasteiger partial charge in [-0.25, -0.2) is 4.79 Å². The molecule has 3 N–H and O–H groups in total. The predicted molar refractivity (Wildman–Crippen MR) is 114 cm³/mol. The van der Waals surface area contributed by atoms with Crippen molar-refractivity contribution >= 4 is 17.4 Å². The molecule has 2 aromatic rings. The van der Waals surface area contributed by atoms with Crippen LogP contribution in [0.1, 0.15) is 18.4 Å². The number of hydrogen-bond donors (Lipinski definition) is 2. The van der Waals surface area contributed by atoms with Gasteiger partial charge in [0.2, 0.25) is 5.91 Å². The molecule has 8 heteroatoms. The number of nitrogens with zero attached hydrogens (tertiary/aromatic N) is 2. The summed E-state index contributed by atoms with van der Waals surface area (Å²) >= 11 is 0. The Labute approximate surface area is 174 Å². The first-order chi connectivity index (χ1) is 14.5. The molecule has 0 saturated heterocycles. The summed E-state index contributed by atoms with van der Waals surface area (Å²) in [5.74, 6) is 0.241. The SMILES string of the molecule is COCCn1c(N)c(N(Cc2ccccc2)C(=O)[C@H]2C[C@@H]3C=C[C@H]2C3)c(=O)[nH]c1=O. The number of amides is 1. The molecular weight excluding hydrogens is 384 g/mol. The largest absolute Gasteiger partial charge is 0.383 e. The van der Waals surface area contributed by atoms with Crippen LogP contribution in [0, 0.1) is 17.8 Å². The molecule has 0 radical (unpaired) electrons. The van der Waals surface area contributed by atoms with Crippen LogP contribution in [-0.2, 0) is 22.6 Å². The summed E-state index contributed by atoms with van der Waals surface area (Å²) in [6.07, 6.45) is 6.01. The topological polar surface area (TPSA) is 110 Å². The lowest BCUT2D eigenvalue weighted by atomic mass is 9.92. The molecular formula is C22H26N4O4. The molecule has 1 heterocycles. The fourth-order valence-corrected chi connectivity index (χ4v) is 4.54. The number of nitrogens with two attached hydrogens (primary N) is 1. The average Bonchev–Trinajstić information content (AvgIpc) is 3.37. The molecule has 1 aromatic carbocycles. The number of carbonyl (C=O) groups excluding carboxylic acids is 1. The van der Waals surface area contributed by atoms with Crippen LogP contribution < -0.4 is 21.9 Å². The highest BCUT2D eigenvalue weighted by molar-refractivity contribution is 5.97. The Kier molecular flexibility index (Phi) is 5.59. The second-order valence-corrected chi connectivity index (χ2v) is 7.93. The van der Waals surface area contributed by atoms with Gasteiger partial charge in [-0.05, 0) is 30.2 Å². The number of rotatable bonds is 7. The number of methoxy groups -OCH3 is 1. The van der Waals surface area contributed by atoms with Crippen LogP contribution in [0.5, 0.6) is 0 Å². The Morgan fingerprint density at radius 3 is 2.63 bits per heavy atom. The summed E-state index contributed by atoms with van der Waals surface area (Å²) < 4.78 is 6.29. The summed E-state index contributed by atoms with van der Waals surface area (Å²) in [5, 5.41) is 0. The highest BCUT2D eigenvalue weighted by atomic mass is 16.5. The molecule has 1 amide bonds. The van der Waals surface area contributed by atoms with Crippen LogP contribution in [0.3, 0.4) is 0 Å². The minimum Gasteiger partial charge on any atom is -0.383 e.